The molecule has 0 aliphatic carbocycles. The van der Waals surface area contributed by atoms with Gasteiger partial charge in [0.05, 0.1) is 0 Å². The van der Waals surface area contributed by atoms with E-state index in [4.69, 9.17) is 19.6 Å². The predicted octanol–water partition coefficient (Wildman–Crippen LogP) is -1.00. The molecule has 1 aromatic rings. The van der Waals surface area contributed by atoms with Crippen molar-refractivity contribution in [2.24, 2.45) is 0 Å². The zero-order valence-corrected chi connectivity index (χ0v) is 8.97. The Morgan fingerprint density at radius 3 is 1.47 bits per heavy atom. The van der Waals surface area contributed by atoms with Crippen LogP contribution in [0.1, 0.15) is 0 Å². The van der Waals surface area contributed by atoms with Gasteiger partial charge in [-0.3, -0.25) is 9.13 Å². The Bertz CT molecular complexity index is 430. The molecular formula is C6H8O7P2. The number of rotatable bonds is 2. The lowest BCUT2D eigenvalue weighted by atomic mass is 10.3. The summed E-state index contributed by atoms with van der Waals surface area (Å²) >= 11 is 0. The second-order valence-electron chi connectivity index (χ2n) is 2.73. The summed E-state index contributed by atoms with van der Waals surface area (Å²) in [5.74, 6) is -1.07. The number of benzene rings is 1. The molecule has 0 unspecified atom stereocenters. The van der Waals surface area contributed by atoms with Crippen molar-refractivity contribution in [1.82, 2.24) is 0 Å². The fourth-order valence-corrected chi connectivity index (χ4v) is 2.43. The van der Waals surface area contributed by atoms with E-state index in [9.17, 15) is 14.2 Å². The fourth-order valence-electron chi connectivity index (χ4n) is 0.990. The first-order chi connectivity index (χ1) is 6.64. The van der Waals surface area contributed by atoms with E-state index in [0.717, 1.165) is 18.2 Å². The van der Waals surface area contributed by atoms with Crippen molar-refractivity contribution < 1.29 is 33.8 Å². The maximum absolute atomic E-state index is 10.8. The van der Waals surface area contributed by atoms with E-state index in [1.165, 1.54) is 0 Å². The normalized spacial score (nSPS) is 12.8. The molecule has 0 heterocycles. The number of para-hydroxylation sites is 1. The predicted molar refractivity (Wildman–Crippen MR) is 51.5 cm³/mol. The van der Waals surface area contributed by atoms with Crippen LogP contribution in [0.5, 0.6) is 5.75 Å². The largest absolute Gasteiger partial charge is 0.506 e. The molecule has 0 saturated carbocycles. The van der Waals surface area contributed by atoms with Crippen molar-refractivity contribution in [3.05, 3.63) is 18.2 Å². The summed E-state index contributed by atoms with van der Waals surface area (Å²) in [5.41, 5.74) is 0. The summed E-state index contributed by atoms with van der Waals surface area (Å²) in [6, 6.07) is 2.84. The Morgan fingerprint density at radius 2 is 1.20 bits per heavy atom. The Labute approximate surface area is 84.3 Å². The minimum absolute atomic E-state index is 0.802. The highest BCUT2D eigenvalue weighted by molar-refractivity contribution is 7.62. The molecule has 15 heavy (non-hydrogen) atoms. The van der Waals surface area contributed by atoms with Gasteiger partial charge in [-0.1, -0.05) is 6.07 Å². The smallest absolute Gasteiger partial charge is 0.359 e. The molecule has 84 valence electrons. The monoisotopic (exact) mass is 254 g/mol. The Kier molecular flexibility index (Phi) is 3.07. The second kappa shape index (κ2) is 3.72. The van der Waals surface area contributed by atoms with Crippen LogP contribution >= 0.6 is 15.2 Å². The molecule has 1 aromatic carbocycles. The van der Waals surface area contributed by atoms with Gasteiger partial charge in [0, 0.05) is 0 Å². The van der Waals surface area contributed by atoms with Crippen LogP contribution in [0.4, 0.5) is 0 Å². The topological polar surface area (TPSA) is 135 Å². The Hall–Kier alpha value is -0.680. The molecule has 0 radical (unpaired) electrons. The highest BCUT2D eigenvalue weighted by Gasteiger charge is 2.29. The van der Waals surface area contributed by atoms with Crippen molar-refractivity contribution in [3.63, 3.8) is 0 Å². The molecule has 0 aromatic heterocycles. The van der Waals surface area contributed by atoms with Crippen LogP contribution in [0.3, 0.4) is 0 Å². The van der Waals surface area contributed by atoms with E-state index in [0.29, 0.717) is 0 Å². The number of hydrogen-bond donors (Lipinski definition) is 5. The SMILES string of the molecule is O=P(O)(O)c1cccc(P(=O)(O)O)c1O. The molecule has 0 amide bonds. The van der Waals surface area contributed by atoms with Gasteiger partial charge in [-0.05, 0) is 12.1 Å². The van der Waals surface area contributed by atoms with Crippen LogP contribution < -0.4 is 10.6 Å². The van der Waals surface area contributed by atoms with Crippen molar-refractivity contribution in [2.75, 3.05) is 0 Å². The third kappa shape index (κ3) is 2.66. The first-order valence-corrected chi connectivity index (χ1v) is 6.80. The number of hydrogen-bond acceptors (Lipinski definition) is 3. The fraction of sp³-hybridized carbons (Fsp3) is 0. The lowest BCUT2D eigenvalue weighted by Crippen LogP contribution is -2.14. The van der Waals surface area contributed by atoms with E-state index < -0.39 is 31.6 Å². The molecule has 7 nitrogen and oxygen atoms in total. The number of aromatic hydroxyl groups is 1. The van der Waals surface area contributed by atoms with Crippen LogP contribution in [0, 0.1) is 0 Å². The van der Waals surface area contributed by atoms with Crippen molar-refractivity contribution >= 4 is 25.8 Å². The van der Waals surface area contributed by atoms with Crippen LogP contribution in [0.15, 0.2) is 18.2 Å². The highest BCUT2D eigenvalue weighted by Crippen LogP contribution is 2.41. The first kappa shape index (κ1) is 12.4. The third-order valence-electron chi connectivity index (χ3n) is 1.62. The van der Waals surface area contributed by atoms with Crippen molar-refractivity contribution in [1.29, 1.82) is 0 Å². The highest BCUT2D eigenvalue weighted by atomic mass is 31.2. The van der Waals surface area contributed by atoms with Crippen LogP contribution in [-0.4, -0.2) is 24.7 Å². The van der Waals surface area contributed by atoms with Gasteiger partial charge in [-0.25, -0.2) is 0 Å². The molecule has 9 heteroatoms. The minimum Gasteiger partial charge on any atom is -0.506 e. The third-order valence-corrected chi connectivity index (χ3v) is 3.60. The van der Waals surface area contributed by atoms with Gasteiger partial charge in [-0.15, -0.1) is 0 Å². The van der Waals surface area contributed by atoms with Crippen molar-refractivity contribution in [3.8, 4) is 5.75 Å². The standard InChI is InChI=1S/C6H8O7P2/c7-6-4(14(8,9)10)2-1-3-5(6)15(11,12)13/h1-3,7H,(H2,8,9,10)(H2,11,12,13). The van der Waals surface area contributed by atoms with Gasteiger partial charge in [0.2, 0.25) is 0 Å². The van der Waals surface area contributed by atoms with Gasteiger partial charge < -0.3 is 24.7 Å². The Balaban J connectivity index is 3.51. The van der Waals surface area contributed by atoms with Gasteiger partial charge in [0.15, 0.2) is 0 Å². The summed E-state index contributed by atoms with van der Waals surface area (Å²) in [6.07, 6.45) is 0. The maximum atomic E-state index is 10.8. The lowest BCUT2D eigenvalue weighted by Gasteiger charge is -2.11. The summed E-state index contributed by atoms with van der Waals surface area (Å²) in [6.45, 7) is 0. The molecular weight excluding hydrogens is 246 g/mol. The van der Waals surface area contributed by atoms with Gasteiger partial charge in [0.25, 0.3) is 0 Å². The summed E-state index contributed by atoms with van der Waals surface area (Å²) in [5, 5.41) is 7.67. The van der Waals surface area contributed by atoms with Crippen LogP contribution in [-0.2, 0) is 9.13 Å². The van der Waals surface area contributed by atoms with Crippen LogP contribution in [0.25, 0.3) is 0 Å². The number of phenolic OH excluding ortho intramolecular Hbond substituents is 1. The molecule has 5 N–H and O–H groups in total. The zero-order valence-electron chi connectivity index (χ0n) is 7.18. The van der Waals surface area contributed by atoms with Gasteiger partial charge >= 0.3 is 15.2 Å². The molecule has 0 fully saturated rings. The number of phenols is 1. The minimum atomic E-state index is -4.75. The van der Waals surface area contributed by atoms with Crippen LogP contribution in [0.2, 0.25) is 0 Å². The second-order valence-corrected chi connectivity index (χ2v) is 5.87. The van der Waals surface area contributed by atoms with E-state index in [2.05, 4.69) is 0 Å². The molecule has 0 saturated heterocycles. The molecule has 0 spiro atoms. The lowest BCUT2D eigenvalue weighted by molar-refractivity contribution is 0.383. The van der Waals surface area contributed by atoms with Gasteiger partial charge in [0.1, 0.15) is 16.4 Å². The molecule has 1 rings (SSSR count). The average Bonchev–Trinajstić information content (AvgIpc) is 1.99. The average molecular weight is 254 g/mol. The first-order valence-electron chi connectivity index (χ1n) is 3.58. The summed E-state index contributed by atoms with van der Waals surface area (Å²) in [4.78, 5) is 35.0. The molecule has 0 aliphatic heterocycles. The van der Waals surface area contributed by atoms with E-state index in [-0.39, 0.29) is 0 Å². The Morgan fingerprint density at radius 1 is 0.867 bits per heavy atom. The molecule has 0 bridgehead atoms. The summed E-state index contributed by atoms with van der Waals surface area (Å²) < 4.78 is 21.6. The molecule has 0 atom stereocenters. The maximum Gasteiger partial charge on any atom is 0.359 e. The van der Waals surface area contributed by atoms with Gasteiger partial charge in [-0.2, -0.15) is 0 Å². The van der Waals surface area contributed by atoms with E-state index >= 15 is 0 Å². The van der Waals surface area contributed by atoms with E-state index in [1.807, 2.05) is 0 Å². The summed E-state index contributed by atoms with van der Waals surface area (Å²) in [7, 11) is -9.49. The zero-order chi connectivity index (χ0) is 11.9. The van der Waals surface area contributed by atoms with Crippen molar-refractivity contribution in [2.45, 2.75) is 0 Å². The van der Waals surface area contributed by atoms with E-state index in [1.54, 1.807) is 0 Å². The molecule has 0 aliphatic rings. The quantitative estimate of drug-likeness (QED) is 0.427.